The first kappa shape index (κ1) is 24.3. The summed E-state index contributed by atoms with van der Waals surface area (Å²) in [6, 6.07) is 2.02. The van der Waals surface area contributed by atoms with Gasteiger partial charge in [0.05, 0.1) is 11.8 Å². The summed E-state index contributed by atoms with van der Waals surface area (Å²) in [5.74, 6) is -3.05. The van der Waals surface area contributed by atoms with E-state index in [-0.39, 0.29) is 23.0 Å². The van der Waals surface area contributed by atoms with Crippen molar-refractivity contribution < 1.29 is 28.5 Å². The average Bonchev–Trinajstić information content (AvgIpc) is 2.68. The van der Waals surface area contributed by atoms with Crippen LogP contribution in [0.3, 0.4) is 0 Å². The van der Waals surface area contributed by atoms with Crippen molar-refractivity contribution in [2.24, 2.45) is 0 Å². The van der Waals surface area contributed by atoms with Crippen molar-refractivity contribution in [3.63, 3.8) is 0 Å². The minimum absolute atomic E-state index is 0.158. The van der Waals surface area contributed by atoms with E-state index in [4.69, 9.17) is 14.6 Å². The smallest absolute Gasteiger partial charge is 0.300 e. The summed E-state index contributed by atoms with van der Waals surface area (Å²) in [5.41, 5.74) is 0.494. The lowest BCUT2D eigenvalue weighted by Crippen LogP contribution is -2.53. The molecule has 2 aliphatic rings. The van der Waals surface area contributed by atoms with Gasteiger partial charge in [-0.05, 0) is 52.4 Å². The maximum Gasteiger partial charge on any atom is 0.300 e. The fraction of sp³-hybridized carbons (Fsp3) is 0.682. The Balaban J connectivity index is 0.000000735. The monoisotopic (exact) mass is 428 g/mol. The summed E-state index contributed by atoms with van der Waals surface area (Å²) in [6.07, 6.45) is 6.78. The number of halogens is 2. The highest BCUT2D eigenvalue weighted by atomic mass is 19.2. The molecule has 0 amide bonds. The lowest BCUT2D eigenvalue weighted by molar-refractivity contribution is -0.134. The number of ether oxygens (including phenoxy) is 1. The second-order valence-electron chi connectivity index (χ2n) is 8.36. The third-order valence-electron chi connectivity index (χ3n) is 6.07. The van der Waals surface area contributed by atoms with Crippen LogP contribution in [0.1, 0.15) is 59.3 Å². The summed E-state index contributed by atoms with van der Waals surface area (Å²) < 4.78 is 32.3. The summed E-state index contributed by atoms with van der Waals surface area (Å²) in [5, 5.41) is 20.4. The van der Waals surface area contributed by atoms with Crippen LogP contribution in [-0.4, -0.2) is 58.5 Å². The van der Waals surface area contributed by atoms with E-state index in [2.05, 4.69) is 24.1 Å². The summed E-state index contributed by atoms with van der Waals surface area (Å²) in [7, 11) is 0. The standard InChI is InChI=1S/C20H30F2N2O2.C2H4O2/c1-3-26-15-4-8-20(2,9-5-15)24-10-6-14(7-11-24)23-18-12-16(21)17(22)13-19(18)25;1-2(3)4/h12-15,23,25H,3-11H2,1-2H3;1H3,(H,3,4). The van der Waals surface area contributed by atoms with Gasteiger partial charge in [-0.15, -0.1) is 0 Å². The molecule has 3 rings (SSSR count). The molecule has 0 aromatic heterocycles. The van der Waals surface area contributed by atoms with E-state index in [1.54, 1.807) is 0 Å². The number of carbonyl (C=O) groups is 1. The van der Waals surface area contributed by atoms with E-state index in [0.29, 0.717) is 6.10 Å². The van der Waals surface area contributed by atoms with Crippen LogP contribution < -0.4 is 5.32 Å². The first-order valence-corrected chi connectivity index (χ1v) is 10.7. The lowest BCUT2D eigenvalue weighted by Gasteiger charge is -2.48. The molecule has 1 aromatic carbocycles. The summed E-state index contributed by atoms with van der Waals surface area (Å²) in [4.78, 5) is 11.6. The molecule has 1 saturated heterocycles. The molecule has 1 saturated carbocycles. The Bertz CT molecular complexity index is 697. The van der Waals surface area contributed by atoms with Gasteiger partial charge >= 0.3 is 0 Å². The largest absolute Gasteiger partial charge is 0.506 e. The number of nitrogens with one attached hydrogen (secondary N) is 1. The Morgan fingerprint density at radius 3 is 2.27 bits per heavy atom. The van der Waals surface area contributed by atoms with Crippen molar-refractivity contribution in [3.8, 4) is 5.75 Å². The van der Waals surface area contributed by atoms with Crippen LogP contribution in [0.15, 0.2) is 12.1 Å². The molecule has 0 radical (unpaired) electrons. The molecular weight excluding hydrogens is 394 g/mol. The molecule has 1 aliphatic heterocycles. The van der Waals surface area contributed by atoms with Gasteiger partial charge in [0.25, 0.3) is 5.97 Å². The van der Waals surface area contributed by atoms with Crippen LogP contribution in [0, 0.1) is 11.6 Å². The van der Waals surface area contributed by atoms with Crippen molar-refractivity contribution in [1.29, 1.82) is 0 Å². The van der Waals surface area contributed by atoms with E-state index in [9.17, 15) is 13.9 Å². The number of aromatic hydroxyl groups is 1. The molecule has 30 heavy (non-hydrogen) atoms. The van der Waals surface area contributed by atoms with Gasteiger partial charge < -0.3 is 20.3 Å². The highest BCUT2D eigenvalue weighted by Gasteiger charge is 2.38. The topological polar surface area (TPSA) is 82.0 Å². The number of carboxylic acid groups (broad SMARTS) is 1. The number of phenols is 1. The van der Waals surface area contributed by atoms with Crippen molar-refractivity contribution in [2.45, 2.75) is 77.0 Å². The minimum atomic E-state index is -1.03. The van der Waals surface area contributed by atoms with E-state index in [0.717, 1.165) is 77.3 Å². The van der Waals surface area contributed by atoms with Crippen molar-refractivity contribution in [1.82, 2.24) is 4.90 Å². The van der Waals surface area contributed by atoms with Crippen LogP contribution in [0.2, 0.25) is 0 Å². The van der Waals surface area contributed by atoms with Gasteiger partial charge in [-0.1, -0.05) is 0 Å². The average molecular weight is 429 g/mol. The fourth-order valence-electron chi connectivity index (χ4n) is 4.37. The molecular formula is C22H34F2N2O4. The normalized spacial score (nSPS) is 25.3. The number of nitrogens with zero attached hydrogens (tertiary/aromatic N) is 1. The van der Waals surface area contributed by atoms with E-state index in [1.165, 1.54) is 0 Å². The van der Waals surface area contributed by atoms with Gasteiger partial charge in [-0.25, -0.2) is 8.78 Å². The Morgan fingerprint density at radius 2 is 1.73 bits per heavy atom. The minimum Gasteiger partial charge on any atom is -0.506 e. The van der Waals surface area contributed by atoms with Crippen LogP contribution in [0.25, 0.3) is 0 Å². The zero-order chi connectivity index (χ0) is 22.3. The third-order valence-corrected chi connectivity index (χ3v) is 6.07. The Hall–Kier alpha value is -1.93. The van der Waals surface area contributed by atoms with Gasteiger partial charge in [-0.2, -0.15) is 0 Å². The Morgan fingerprint density at radius 1 is 1.20 bits per heavy atom. The highest BCUT2D eigenvalue weighted by molar-refractivity contribution is 5.63. The molecule has 0 bridgehead atoms. The second kappa shape index (κ2) is 10.9. The van der Waals surface area contributed by atoms with Crippen LogP contribution in [0.4, 0.5) is 14.5 Å². The zero-order valence-electron chi connectivity index (χ0n) is 18.1. The SMILES string of the molecule is CC(=O)O.CCOC1CCC(C)(N2CCC(Nc3cc(F)c(F)cc3O)CC2)CC1. The molecule has 170 valence electrons. The van der Waals surface area contributed by atoms with Gasteiger partial charge in [-0.3, -0.25) is 9.69 Å². The zero-order valence-corrected chi connectivity index (χ0v) is 18.1. The number of hydrogen-bond acceptors (Lipinski definition) is 5. The molecule has 0 atom stereocenters. The van der Waals surface area contributed by atoms with Crippen molar-refractivity contribution >= 4 is 11.7 Å². The number of carboxylic acids is 1. The predicted molar refractivity (Wildman–Crippen MR) is 112 cm³/mol. The fourth-order valence-corrected chi connectivity index (χ4v) is 4.37. The quantitative estimate of drug-likeness (QED) is 0.604. The number of anilines is 1. The molecule has 8 heteroatoms. The molecule has 0 spiro atoms. The van der Waals surface area contributed by atoms with Gasteiger partial charge in [0.15, 0.2) is 11.6 Å². The highest BCUT2D eigenvalue weighted by Crippen LogP contribution is 2.37. The maximum atomic E-state index is 13.4. The Labute approximate surface area is 177 Å². The number of likely N-dealkylation sites (tertiary alicyclic amines) is 1. The molecule has 1 aliphatic carbocycles. The van der Waals surface area contributed by atoms with Crippen LogP contribution in [-0.2, 0) is 9.53 Å². The predicted octanol–water partition coefficient (Wildman–Crippen LogP) is 4.38. The van der Waals surface area contributed by atoms with Crippen LogP contribution in [0.5, 0.6) is 5.75 Å². The van der Waals surface area contributed by atoms with Gasteiger partial charge in [0.1, 0.15) is 5.75 Å². The van der Waals surface area contributed by atoms with E-state index >= 15 is 0 Å². The van der Waals surface area contributed by atoms with E-state index in [1.807, 2.05) is 0 Å². The van der Waals surface area contributed by atoms with E-state index < -0.39 is 17.6 Å². The van der Waals surface area contributed by atoms with Crippen molar-refractivity contribution in [2.75, 3.05) is 25.0 Å². The summed E-state index contributed by atoms with van der Waals surface area (Å²) in [6.45, 7) is 8.21. The maximum absolute atomic E-state index is 13.4. The molecule has 0 unspecified atom stereocenters. The van der Waals surface area contributed by atoms with Crippen molar-refractivity contribution in [3.05, 3.63) is 23.8 Å². The first-order valence-electron chi connectivity index (χ1n) is 10.7. The van der Waals surface area contributed by atoms with Gasteiger partial charge in [0, 0.05) is 50.3 Å². The molecule has 1 aromatic rings. The molecule has 6 nitrogen and oxygen atoms in total. The molecule has 1 heterocycles. The number of hydrogen-bond donors (Lipinski definition) is 3. The number of piperidine rings is 1. The van der Waals surface area contributed by atoms with Crippen LogP contribution >= 0.6 is 0 Å². The molecule has 3 N–H and O–H groups in total. The number of aliphatic carboxylic acids is 1. The number of phenolic OH excluding ortho intramolecular Hbond substituents is 1. The molecule has 2 fully saturated rings. The lowest BCUT2D eigenvalue weighted by atomic mass is 9.79. The number of rotatable bonds is 5. The number of benzene rings is 1. The van der Waals surface area contributed by atoms with Gasteiger partial charge in [0.2, 0.25) is 0 Å². The third kappa shape index (κ3) is 6.80. The Kier molecular flexibility index (Phi) is 8.85. The first-order chi connectivity index (χ1) is 14.1. The second-order valence-corrected chi connectivity index (χ2v) is 8.36. The summed E-state index contributed by atoms with van der Waals surface area (Å²) >= 11 is 0.